The fourth-order valence-electron chi connectivity index (χ4n) is 1.09. The number of rotatable bonds is 2. The Kier molecular flexibility index (Phi) is 2.68. The molecule has 0 bridgehead atoms. The summed E-state index contributed by atoms with van der Waals surface area (Å²) in [6.45, 7) is 0. The molecule has 78 valence electrons. The van der Waals surface area contributed by atoms with Gasteiger partial charge in [0.1, 0.15) is 0 Å². The number of aliphatic imine (C=N–C) groups is 1. The minimum absolute atomic E-state index is 0.444. The predicted molar refractivity (Wildman–Crippen MR) is 62.5 cm³/mol. The van der Waals surface area contributed by atoms with Gasteiger partial charge >= 0.3 is 0 Å². The van der Waals surface area contributed by atoms with E-state index in [1.807, 2.05) is 31.3 Å². The molecule has 2 heterocycles. The lowest BCUT2D eigenvalue weighted by Gasteiger charge is -2.01. The van der Waals surface area contributed by atoms with Crippen molar-refractivity contribution in [2.24, 2.45) is 4.99 Å². The number of fused-ring (bicyclic) bond motifs is 1. The Labute approximate surface area is 95.6 Å². The first kappa shape index (κ1) is 10.1. The second-order valence-corrected chi connectivity index (χ2v) is 4.21. The first-order valence-electron chi connectivity index (χ1n) is 4.37. The van der Waals surface area contributed by atoms with E-state index in [-0.39, 0.29) is 0 Å². The van der Waals surface area contributed by atoms with Crippen molar-refractivity contribution in [1.29, 1.82) is 0 Å². The Morgan fingerprint density at radius 3 is 3.07 bits per heavy atom. The van der Waals surface area contributed by atoms with Gasteiger partial charge in [0.25, 0.3) is 5.95 Å². The minimum Gasteiger partial charge on any atom is -0.369 e. The second-order valence-electron chi connectivity index (χ2n) is 3.29. The van der Waals surface area contributed by atoms with E-state index in [1.165, 1.54) is 0 Å². The zero-order valence-electron chi connectivity index (χ0n) is 8.42. The van der Waals surface area contributed by atoms with Gasteiger partial charge < -0.3 is 4.90 Å². The molecule has 0 aliphatic carbocycles. The molecule has 0 fully saturated rings. The van der Waals surface area contributed by atoms with Crippen molar-refractivity contribution in [2.75, 3.05) is 14.1 Å². The van der Waals surface area contributed by atoms with E-state index in [2.05, 4.69) is 31.0 Å². The molecule has 6 heteroatoms. The maximum atomic E-state index is 4.22. The SMILES string of the molecule is CN(C)C=Nc1ncc2cc(Br)cn2n1. The maximum absolute atomic E-state index is 4.22. The highest BCUT2D eigenvalue weighted by molar-refractivity contribution is 9.10. The van der Waals surface area contributed by atoms with Crippen LogP contribution in [0.5, 0.6) is 0 Å². The summed E-state index contributed by atoms with van der Waals surface area (Å²) < 4.78 is 2.71. The molecule has 0 spiro atoms. The van der Waals surface area contributed by atoms with Gasteiger partial charge in [-0.2, -0.15) is 0 Å². The number of halogens is 1. The van der Waals surface area contributed by atoms with Gasteiger partial charge in [0, 0.05) is 24.8 Å². The first-order chi connectivity index (χ1) is 7.15. The second kappa shape index (κ2) is 3.98. The smallest absolute Gasteiger partial charge is 0.268 e. The Morgan fingerprint density at radius 1 is 1.53 bits per heavy atom. The first-order valence-corrected chi connectivity index (χ1v) is 5.16. The van der Waals surface area contributed by atoms with Crippen LogP contribution < -0.4 is 0 Å². The van der Waals surface area contributed by atoms with E-state index in [4.69, 9.17) is 0 Å². The van der Waals surface area contributed by atoms with Crippen LogP contribution in [0.2, 0.25) is 0 Å². The lowest BCUT2D eigenvalue weighted by Crippen LogP contribution is -2.07. The summed E-state index contributed by atoms with van der Waals surface area (Å²) >= 11 is 3.38. The van der Waals surface area contributed by atoms with Crippen LogP contribution in [-0.2, 0) is 0 Å². The Bertz CT molecular complexity index is 502. The van der Waals surface area contributed by atoms with Gasteiger partial charge in [0.2, 0.25) is 0 Å². The summed E-state index contributed by atoms with van der Waals surface area (Å²) in [6, 6.07) is 1.94. The highest BCUT2D eigenvalue weighted by Crippen LogP contribution is 2.14. The van der Waals surface area contributed by atoms with Crippen molar-refractivity contribution in [1.82, 2.24) is 19.5 Å². The fraction of sp³-hybridized carbons (Fsp3) is 0.222. The van der Waals surface area contributed by atoms with Crippen molar-refractivity contribution in [3.63, 3.8) is 0 Å². The molecular weight excluding hydrogens is 258 g/mol. The van der Waals surface area contributed by atoms with Crippen molar-refractivity contribution >= 4 is 33.7 Å². The lowest BCUT2D eigenvalue weighted by molar-refractivity contribution is 0.642. The van der Waals surface area contributed by atoms with E-state index >= 15 is 0 Å². The van der Waals surface area contributed by atoms with Gasteiger partial charge in [-0.25, -0.2) is 14.5 Å². The van der Waals surface area contributed by atoms with Gasteiger partial charge in [0.15, 0.2) is 0 Å². The van der Waals surface area contributed by atoms with E-state index in [0.717, 1.165) is 9.99 Å². The van der Waals surface area contributed by atoms with Gasteiger partial charge in [-0.3, -0.25) is 0 Å². The Hall–Kier alpha value is -1.43. The number of nitrogens with zero attached hydrogens (tertiary/aromatic N) is 5. The monoisotopic (exact) mass is 267 g/mol. The summed E-state index contributed by atoms with van der Waals surface area (Å²) in [5.74, 6) is 0.444. The molecule has 2 rings (SSSR count). The summed E-state index contributed by atoms with van der Waals surface area (Å²) in [5.41, 5.74) is 0.936. The van der Waals surface area contributed by atoms with Crippen molar-refractivity contribution in [2.45, 2.75) is 0 Å². The average molecular weight is 268 g/mol. The van der Waals surface area contributed by atoms with Crippen LogP contribution in [0, 0.1) is 0 Å². The quantitative estimate of drug-likeness (QED) is 0.615. The summed E-state index contributed by atoms with van der Waals surface area (Å²) in [7, 11) is 3.79. The van der Waals surface area contributed by atoms with Crippen LogP contribution in [0.1, 0.15) is 0 Å². The minimum atomic E-state index is 0.444. The molecule has 0 saturated carbocycles. The van der Waals surface area contributed by atoms with Crippen LogP contribution in [0.3, 0.4) is 0 Å². The Morgan fingerprint density at radius 2 is 2.33 bits per heavy atom. The third kappa shape index (κ3) is 2.33. The number of hydrogen-bond donors (Lipinski definition) is 0. The summed E-state index contributed by atoms with van der Waals surface area (Å²) in [4.78, 5) is 10.1. The van der Waals surface area contributed by atoms with Crippen LogP contribution in [-0.4, -0.2) is 39.9 Å². The van der Waals surface area contributed by atoms with Gasteiger partial charge in [-0.15, -0.1) is 5.10 Å². The number of hydrogen-bond acceptors (Lipinski definition) is 3. The van der Waals surface area contributed by atoms with Crippen LogP contribution in [0.25, 0.3) is 5.52 Å². The number of aromatic nitrogens is 3. The molecule has 0 amide bonds. The molecule has 0 N–H and O–H groups in total. The van der Waals surface area contributed by atoms with Gasteiger partial charge in [-0.1, -0.05) is 0 Å². The lowest BCUT2D eigenvalue weighted by atomic mass is 10.5. The fourth-order valence-corrected chi connectivity index (χ4v) is 1.52. The van der Waals surface area contributed by atoms with Crippen molar-refractivity contribution in [3.8, 4) is 0 Å². The molecule has 0 atom stereocenters. The van der Waals surface area contributed by atoms with E-state index in [0.29, 0.717) is 5.95 Å². The molecule has 5 nitrogen and oxygen atoms in total. The van der Waals surface area contributed by atoms with Gasteiger partial charge in [-0.05, 0) is 22.0 Å². The summed E-state index contributed by atoms with van der Waals surface area (Å²) in [5, 5.41) is 4.22. The van der Waals surface area contributed by atoms with Gasteiger partial charge in [0.05, 0.1) is 18.1 Å². The van der Waals surface area contributed by atoms with Crippen molar-refractivity contribution < 1.29 is 0 Å². The zero-order valence-corrected chi connectivity index (χ0v) is 10.0. The van der Waals surface area contributed by atoms with E-state index in [1.54, 1.807) is 17.1 Å². The molecule has 0 radical (unpaired) electrons. The van der Waals surface area contributed by atoms with E-state index in [9.17, 15) is 0 Å². The standard InChI is InChI=1S/C9H10BrN5/c1-14(2)6-12-9-11-4-8-3-7(10)5-15(8)13-9/h3-6H,1-2H3. The predicted octanol–water partition coefficient (Wildman–Crippen LogP) is 1.71. The molecule has 2 aromatic rings. The maximum Gasteiger partial charge on any atom is 0.268 e. The van der Waals surface area contributed by atoms with Crippen LogP contribution >= 0.6 is 15.9 Å². The molecule has 0 aliphatic heterocycles. The third-order valence-electron chi connectivity index (χ3n) is 1.71. The Balaban J connectivity index is 2.38. The third-order valence-corrected chi connectivity index (χ3v) is 2.14. The molecule has 0 unspecified atom stereocenters. The molecule has 0 aliphatic rings. The molecular formula is C9H10BrN5. The highest BCUT2D eigenvalue weighted by atomic mass is 79.9. The molecule has 15 heavy (non-hydrogen) atoms. The molecule has 0 saturated heterocycles. The largest absolute Gasteiger partial charge is 0.369 e. The summed E-state index contributed by atoms with van der Waals surface area (Å²) in [6.07, 6.45) is 5.27. The van der Waals surface area contributed by atoms with E-state index < -0.39 is 0 Å². The molecule has 2 aromatic heterocycles. The molecule has 0 aromatic carbocycles. The average Bonchev–Trinajstić information content (AvgIpc) is 2.53. The zero-order chi connectivity index (χ0) is 10.8. The highest BCUT2D eigenvalue weighted by Gasteiger charge is 1.99. The van der Waals surface area contributed by atoms with Crippen molar-refractivity contribution in [3.05, 3.63) is 22.9 Å². The topological polar surface area (TPSA) is 45.8 Å². The van der Waals surface area contributed by atoms with Crippen LogP contribution in [0.15, 0.2) is 27.9 Å². The van der Waals surface area contributed by atoms with Crippen LogP contribution in [0.4, 0.5) is 5.95 Å². The normalized spacial score (nSPS) is 11.4.